The Morgan fingerprint density at radius 1 is 1.00 bits per heavy atom. The first kappa shape index (κ1) is 21.1. The van der Waals surface area contributed by atoms with Crippen molar-refractivity contribution in [3.05, 3.63) is 46.4 Å². The predicted molar refractivity (Wildman–Crippen MR) is 114 cm³/mol. The zero-order chi connectivity index (χ0) is 19.8. The summed E-state index contributed by atoms with van der Waals surface area (Å²) in [5.74, 6) is 1.45. The summed E-state index contributed by atoms with van der Waals surface area (Å²) in [5, 5.41) is 6.27. The van der Waals surface area contributed by atoms with E-state index in [0.717, 1.165) is 32.9 Å². The zero-order valence-electron chi connectivity index (χ0n) is 16.3. The molecule has 0 saturated heterocycles. The quantitative estimate of drug-likeness (QED) is 0.550. The molecule has 0 fully saturated rings. The van der Waals surface area contributed by atoms with Gasteiger partial charge in [0.1, 0.15) is 0 Å². The topological polar surface area (TPSA) is 59.6 Å². The summed E-state index contributed by atoms with van der Waals surface area (Å²) in [6, 6.07) is 11.6. The van der Waals surface area contributed by atoms with Gasteiger partial charge in [-0.15, -0.1) is 0 Å². The number of carbonyl (C=O) groups is 1. The fourth-order valence-corrected chi connectivity index (χ4v) is 2.87. The molecule has 0 aliphatic heterocycles. The maximum Gasteiger partial charge on any atom is 0.226 e. The average Bonchev–Trinajstić information content (AvgIpc) is 2.64. The van der Waals surface area contributed by atoms with Gasteiger partial charge < -0.3 is 20.1 Å². The molecule has 0 aliphatic rings. The molecule has 0 radical (unpaired) electrons. The van der Waals surface area contributed by atoms with Crippen molar-refractivity contribution >= 4 is 33.2 Å². The molecular formula is C21H27BrN2O3. The van der Waals surface area contributed by atoms with E-state index in [0.29, 0.717) is 19.8 Å². The fraction of sp³-hybridized carbons (Fsp3) is 0.381. The van der Waals surface area contributed by atoms with Crippen molar-refractivity contribution in [1.29, 1.82) is 0 Å². The lowest BCUT2D eigenvalue weighted by Crippen LogP contribution is -2.17. The predicted octanol–water partition coefficient (Wildman–Crippen LogP) is 5.45. The highest BCUT2D eigenvalue weighted by Gasteiger charge is 2.11. The van der Waals surface area contributed by atoms with Gasteiger partial charge in [-0.05, 0) is 55.8 Å². The molecule has 2 rings (SSSR count). The molecule has 0 aromatic heterocycles. The molecule has 0 aliphatic carbocycles. The summed E-state index contributed by atoms with van der Waals surface area (Å²) >= 11 is 3.61. The van der Waals surface area contributed by atoms with Gasteiger partial charge in [0, 0.05) is 28.3 Å². The summed E-state index contributed by atoms with van der Waals surface area (Å²) in [6.45, 7) is 9.45. The Bertz CT molecular complexity index is 761. The summed E-state index contributed by atoms with van der Waals surface area (Å²) < 4.78 is 12.3. The van der Waals surface area contributed by atoms with Crippen LogP contribution < -0.4 is 20.1 Å². The highest BCUT2D eigenvalue weighted by atomic mass is 79.9. The number of rotatable bonds is 9. The minimum Gasteiger partial charge on any atom is -0.490 e. The van der Waals surface area contributed by atoms with Crippen molar-refractivity contribution in [2.75, 3.05) is 23.8 Å². The van der Waals surface area contributed by atoms with Crippen LogP contribution in [0.4, 0.5) is 11.4 Å². The third kappa shape index (κ3) is 6.17. The summed E-state index contributed by atoms with van der Waals surface area (Å²) in [7, 11) is 0. The molecule has 146 valence electrons. The van der Waals surface area contributed by atoms with Crippen LogP contribution in [0.3, 0.4) is 0 Å². The molecule has 2 aromatic rings. The average molecular weight is 435 g/mol. The first-order valence-electron chi connectivity index (χ1n) is 9.17. The Hall–Kier alpha value is -2.21. The molecule has 6 heteroatoms. The van der Waals surface area contributed by atoms with Crippen molar-refractivity contribution in [3.63, 3.8) is 0 Å². The lowest BCUT2D eigenvalue weighted by atomic mass is 10.2. The summed E-state index contributed by atoms with van der Waals surface area (Å²) in [6.07, 6.45) is 0. The van der Waals surface area contributed by atoms with E-state index in [1.165, 1.54) is 0 Å². The Morgan fingerprint density at radius 3 is 2.11 bits per heavy atom. The van der Waals surface area contributed by atoms with Crippen LogP contribution in [-0.2, 0) is 11.3 Å². The molecule has 5 nitrogen and oxygen atoms in total. The first-order chi connectivity index (χ1) is 12.9. The number of ether oxygens (including phenoxy) is 2. The van der Waals surface area contributed by atoms with Crippen LogP contribution in [0.2, 0.25) is 0 Å². The van der Waals surface area contributed by atoms with Gasteiger partial charge in [-0.1, -0.05) is 29.8 Å². The molecule has 2 N–H and O–H groups in total. The Kier molecular flexibility index (Phi) is 7.98. The monoisotopic (exact) mass is 434 g/mol. The number of halogens is 1. The van der Waals surface area contributed by atoms with Crippen LogP contribution in [0.1, 0.15) is 33.3 Å². The van der Waals surface area contributed by atoms with E-state index in [1.54, 1.807) is 0 Å². The highest BCUT2D eigenvalue weighted by molar-refractivity contribution is 9.10. The Balaban J connectivity index is 2.05. The van der Waals surface area contributed by atoms with Gasteiger partial charge in [-0.3, -0.25) is 4.79 Å². The van der Waals surface area contributed by atoms with E-state index >= 15 is 0 Å². The smallest absolute Gasteiger partial charge is 0.226 e. The normalized spacial score (nSPS) is 10.6. The fourth-order valence-electron chi connectivity index (χ4n) is 2.40. The minimum atomic E-state index is -0.0423. The van der Waals surface area contributed by atoms with Gasteiger partial charge in [-0.2, -0.15) is 0 Å². The van der Waals surface area contributed by atoms with Gasteiger partial charge in [0.05, 0.1) is 13.2 Å². The Morgan fingerprint density at radius 2 is 1.56 bits per heavy atom. The largest absolute Gasteiger partial charge is 0.490 e. The van der Waals surface area contributed by atoms with E-state index in [4.69, 9.17) is 9.47 Å². The van der Waals surface area contributed by atoms with Crippen LogP contribution in [0.25, 0.3) is 0 Å². The van der Waals surface area contributed by atoms with Crippen molar-refractivity contribution in [2.24, 2.45) is 5.92 Å². The molecule has 0 unspecified atom stereocenters. The van der Waals surface area contributed by atoms with Gasteiger partial charge >= 0.3 is 0 Å². The highest BCUT2D eigenvalue weighted by Crippen LogP contribution is 2.34. The van der Waals surface area contributed by atoms with E-state index in [-0.39, 0.29) is 11.8 Å². The molecule has 0 bridgehead atoms. The minimum absolute atomic E-state index is 0.0116. The number of anilines is 2. The number of hydrogen-bond acceptors (Lipinski definition) is 4. The maximum absolute atomic E-state index is 11.8. The van der Waals surface area contributed by atoms with Crippen molar-refractivity contribution in [1.82, 2.24) is 0 Å². The van der Waals surface area contributed by atoms with Crippen LogP contribution in [0, 0.1) is 5.92 Å². The molecular weight excluding hydrogens is 408 g/mol. The number of hydrogen-bond donors (Lipinski definition) is 2. The molecule has 0 saturated carbocycles. The van der Waals surface area contributed by atoms with Crippen molar-refractivity contribution < 1.29 is 14.3 Å². The second-order valence-corrected chi connectivity index (χ2v) is 7.19. The van der Waals surface area contributed by atoms with Gasteiger partial charge in [-0.25, -0.2) is 0 Å². The van der Waals surface area contributed by atoms with Crippen molar-refractivity contribution in [2.45, 2.75) is 34.2 Å². The second-order valence-electron chi connectivity index (χ2n) is 6.33. The lowest BCUT2D eigenvalue weighted by Gasteiger charge is -2.15. The zero-order valence-corrected chi connectivity index (χ0v) is 17.9. The maximum atomic E-state index is 11.8. The number of benzene rings is 2. The van der Waals surface area contributed by atoms with Gasteiger partial charge in [0.2, 0.25) is 5.91 Å². The van der Waals surface area contributed by atoms with Crippen molar-refractivity contribution in [3.8, 4) is 11.5 Å². The van der Waals surface area contributed by atoms with Crippen LogP contribution >= 0.6 is 15.9 Å². The Labute approximate surface area is 169 Å². The standard InChI is InChI=1S/C21H27BrN2O3/c1-5-26-19-11-15(18(22)12-20(19)27-6-2)13-23-16-7-9-17(10-8-16)24-21(25)14(3)4/h7-12,14,23H,5-6,13H2,1-4H3,(H,24,25). The SMILES string of the molecule is CCOc1cc(Br)c(CNc2ccc(NC(=O)C(C)C)cc2)cc1OCC. The lowest BCUT2D eigenvalue weighted by molar-refractivity contribution is -0.118. The molecule has 0 heterocycles. The number of nitrogens with one attached hydrogen (secondary N) is 2. The molecule has 0 spiro atoms. The molecule has 27 heavy (non-hydrogen) atoms. The third-order valence-corrected chi connectivity index (χ3v) is 4.61. The van der Waals surface area contributed by atoms with Crippen LogP contribution in [-0.4, -0.2) is 19.1 Å². The van der Waals surface area contributed by atoms with E-state index in [1.807, 2.05) is 64.1 Å². The van der Waals surface area contributed by atoms with E-state index in [2.05, 4.69) is 26.6 Å². The molecule has 2 aromatic carbocycles. The van der Waals surface area contributed by atoms with E-state index in [9.17, 15) is 4.79 Å². The van der Waals surface area contributed by atoms with E-state index < -0.39 is 0 Å². The first-order valence-corrected chi connectivity index (χ1v) is 9.96. The van der Waals surface area contributed by atoms with Gasteiger partial charge in [0.15, 0.2) is 11.5 Å². The summed E-state index contributed by atoms with van der Waals surface area (Å²) in [4.78, 5) is 11.8. The summed E-state index contributed by atoms with van der Waals surface area (Å²) in [5.41, 5.74) is 2.83. The number of carbonyl (C=O) groups excluding carboxylic acids is 1. The molecule has 1 amide bonds. The van der Waals surface area contributed by atoms with Crippen LogP contribution in [0.5, 0.6) is 11.5 Å². The molecule has 0 atom stereocenters. The van der Waals surface area contributed by atoms with Gasteiger partial charge in [0.25, 0.3) is 0 Å². The second kappa shape index (κ2) is 10.2. The van der Waals surface area contributed by atoms with Crippen LogP contribution in [0.15, 0.2) is 40.9 Å². The number of amides is 1. The third-order valence-electron chi connectivity index (χ3n) is 3.87.